The molecule has 104 valence electrons. The first-order valence-corrected chi connectivity index (χ1v) is 6.14. The molecule has 19 heavy (non-hydrogen) atoms. The molecule has 5 heteroatoms. The first-order chi connectivity index (χ1) is 9.02. The fraction of sp³-hybridized carbons (Fsp3) is 0.357. The van der Waals surface area contributed by atoms with E-state index in [9.17, 15) is 4.79 Å². The van der Waals surface area contributed by atoms with Gasteiger partial charge < -0.3 is 15.5 Å². The Morgan fingerprint density at radius 3 is 2.42 bits per heavy atom. The van der Waals surface area contributed by atoms with E-state index < -0.39 is 0 Å². The molecule has 0 aliphatic rings. The van der Waals surface area contributed by atoms with Crippen LogP contribution in [0.25, 0.3) is 0 Å². The maximum atomic E-state index is 11.6. The molecule has 5 nitrogen and oxygen atoms in total. The van der Waals surface area contributed by atoms with Crippen molar-refractivity contribution in [3.63, 3.8) is 0 Å². The molecule has 0 radical (unpaired) electrons. The van der Waals surface area contributed by atoms with E-state index >= 15 is 0 Å². The summed E-state index contributed by atoms with van der Waals surface area (Å²) in [5.74, 6) is 0.900. The lowest BCUT2D eigenvalue weighted by molar-refractivity contribution is -0.120. The number of methoxy groups -OCH3 is 1. The Morgan fingerprint density at radius 2 is 1.89 bits per heavy atom. The number of anilines is 1. The second-order valence-electron chi connectivity index (χ2n) is 4.44. The van der Waals surface area contributed by atoms with E-state index in [1.54, 1.807) is 7.11 Å². The number of ether oxygens (including phenoxy) is 1. The summed E-state index contributed by atoms with van der Waals surface area (Å²) in [5, 5.41) is 3.01. The van der Waals surface area contributed by atoms with Gasteiger partial charge in [0.2, 0.25) is 0 Å². The number of hydrazine groups is 1. The van der Waals surface area contributed by atoms with Gasteiger partial charge in [-0.05, 0) is 30.2 Å². The van der Waals surface area contributed by atoms with E-state index in [0.29, 0.717) is 0 Å². The van der Waals surface area contributed by atoms with Crippen molar-refractivity contribution in [2.24, 2.45) is 5.92 Å². The van der Waals surface area contributed by atoms with E-state index in [-0.39, 0.29) is 18.4 Å². The van der Waals surface area contributed by atoms with Crippen LogP contribution < -0.4 is 20.9 Å². The van der Waals surface area contributed by atoms with Crippen LogP contribution in [0.15, 0.2) is 36.5 Å². The highest BCUT2D eigenvalue weighted by molar-refractivity contribution is 5.80. The van der Waals surface area contributed by atoms with Crippen molar-refractivity contribution in [3.8, 4) is 5.75 Å². The third-order valence-electron chi connectivity index (χ3n) is 2.60. The molecular weight excluding hydrogens is 242 g/mol. The predicted octanol–water partition coefficient (Wildman–Crippen LogP) is 1.90. The Balaban J connectivity index is 2.31. The number of benzene rings is 1. The van der Waals surface area contributed by atoms with Gasteiger partial charge in [-0.2, -0.15) is 0 Å². The fourth-order valence-electron chi connectivity index (χ4n) is 1.23. The third-order valence-corrected chi connectivity index (χ3v) is 2.60. The first kappa shape index (κ1) is 14.9. The summed E-state index contributed by atoms with van der Waals surface area (Å²) < 4.78 is 5.06. The number of nitrogens with one attached hydrogen (secondary N) is 3. The monoisotopic (exact) mass is 263 g/mol. The normalized spacial score (nSPS) is 9.89. The van der Waals surface area contributed by atoms with Gasteiger partial charge in [0.05, 0.1) is 13.7 Å². The lowest BCUT2D eigenvalue weighted by Gasteiger charge is -2.14. The molecule has 0 aromatic heterocycles. The molecule has 1 amide bonds. The maximum absolute atomic E-state index is 11.6. The van der Waals surface area contributed by atoms with Crippen LogP contribution in [-0.2, 0) is 4.79 Å². The quantitative estimate of drug-likeness (QED) is 0.657. The standard InChI is InChI=1S/C14H21N3O2/c1-10(2)11(3)16-17-14(18)9-15-12-5-7-13(19-4)8-6-12/h5-8,10,15-16H,3,9H2,1-2,4H3,(H,17,18). The van der Waals surface area contributed by atoms with Crippen molar-refractivity contribution in [3.05, 3.63) is 36.5 Å². The number of rotatable bonds is 7. The topological polar surface area (TPSA) is 62.4 Å². The summed E-state index contributed by atoms with van der Waals surface area (Å²) in [6, 6.07) is 7.37. The van der Waals surface area contributed by atoms with Crippen molar-refractivity contribution < 1.29 is 9.53 Å². The Hall–Kier alpha value is -2.17. The van der Waals surface area contributed by atoms with Crippen molar-refractivity contribution >= 4 is 11.6 Å². The molecule has 0 saturated heterocycles. The minimum Gasteiger partial charge on any atom is -0.497 e. The zero-order valence-corrected chi connectivity index (χ0v) is 11.6. The van der Waals surface area contributed by atoms with Gasteiger partial charge >= 0.3 is 0 Å². The molecule has 3 N–H and O–H groups in total. The maximum Gasteiger partial charge on any atom is 0.257 e. The van der Waals surface area contributed by atoms with Gasteiger partial charge in [-0.15, -0.1) is 0 Å². The molecule has 1 rings (SSSR count). The molecule has 1 aromatic carbocycles. The Morgan fingerprint density at radius 1 is 1.26 bits per heavy atom. The van der Waals surface area contributed by atoms with Crippen molar-refractivity contribution in [1.82, 2.24) is 10.9 Å². The second kappa shape index (κ2) is 7.31. The number of carbonyl (C=O) groups excluding carboxylic acids is 1. The summed E-state index contributed by atoms with van der Waals surface area (Å²) in [6.07, 6.45) is 0. The summed E-state index contributed by atoms with van der Waals surface area (Å²) >= 11 is 0. The lowest BCUT2D eigenvalue weighted by Crippen LogP contribution is -2.40. The summed E-state index contributed by atoms with van der Waals surface area (Å²) in [4.78, 5) is 11.6. The average Bonchev–Trinajstić information content (AvgIpc) is 2.42. The Bertz CT molecular complexity index is 427. The van der Waals surface area contributed by atoms with Crippen LogP contribution >= 0.6 is 0 Å². The highest BCUT2D eigenvalue weighted by atomic mass is 16.5. The number of carbonyl (C=O) groups is 1. The predicted molar refractivity (Wildman–Crippen MR) is 76.7 cm³/mol. The fourth-order valence-corrected chi connectivity index (χ4v) is 1.23. The molecule has 0 fully saturated rings. The molecule has 0 aliphatic carbocycles. The Kier molecular flexibility index (Phi) is 5.73. The molecule has 0 spiro atoms. The van der Waals surface area contributed by atoms with Gasteiger partial charge in [0.15, 0.2) is 0 Å². The zero-order valence-electron chi connectivity index (χ0n) is 11.6. The summed E-state index contributed by atoms with van der Waals surface area (Å²) in [5.41, 5.74) is 7.00. The van der Waals surface area contributed by atoms with Gasteiger partial charge in [0, 0.05) is 11.4 Å². The van der Waals surface area contributed by atoms with E-state index in [4.69, 9.17) is 4.74 Å². The average molecular weight is 263 g/mol. The number of amides is 1. The lowest BCUT2D eigenvalue weighted by atomic mass is 10.2. The number of hydrogen-bond donors (Lipinski definition) is 3. The minimum absolute atomic E-state index is 0.155. The van der Waals surface area contributed by atoms with Gasteiger partial charge in [0.25, 0.3) is 5.91 Å². The van der Waals surface area contributed by atoms with Gasteiger partial charge in [0.1, 0.15) is 5.75 Å². The molecule has 1 aromatic rings. The van der Waals surface area contributed by atoms with Crippen molar-refractivity contribution in [2.75, 3.05) is 19.0 Å². The van der Waals surface area contributed by atoms with Crippen LogP contribution in [0.3, 0.4) is 0 Å². The third kappa shape index (κ3) is 5.33. The molecule has 0 aliphatic heterocycles. The number of allylic oxidation sites excluding steroid dienone is 1. The van der Waals surface area contributed by atoms with E-state index in [2.05, 4.69) is 22.7 Å². The molecule has 0 atom stereocenters. The first-order valence-electron chi connectivity index (χ1n) is 6.14. The molecule has 0 unspecified atom stereocenters. The number of hydrogen-bond acceptors (Lipinski definition) is 4. The SMILES string of the molecule is C=C(NNC(=O)CNc1ccc(OC)cc1)C(C)C. The summed E-state index contributed by atoms with van der Waals surface area (Å²) in [7, 11) is 1.61. The van der Waals surface area contributed by atoms with Gasteiger partial charge in [-0.1, -0.05) is 20.4 Å². The van der Waals surface area contributed by atoms with Crippen LogP contribution in [0.2, 0.25) is 0 Å². The summed E-state index contributed by atoms with van der Waals surface area (Å²) in [6.45, 7) is 7.98. The van der Waals surface area contributed by atoms with Crippen LogP contribution in [0.5, 0.6) is 5.75 Å². The smallest absolute Gasteiger partial charge is 0.257 e. The molecular formula is C14H21N3O2. The largest absolute Gasteiger partial charge is 0.497 e. The van der Waals surface area contributed by atoms with Crippen molar-refractivity contribution in [1.29, 1.82) is 0 Å². The molecule has 0 saturated carbocycles. The van der Waals surface area contributed by atoms with Crippen molar-refractivity contribution in [2.45, 2.75) is 13.8 Å². The minimum atomic E-state index is -0.155. The zero-order chi connectivity index (χ0) is 14.3. The Labute approximate surface area is 114 Å². The van der Waals surface area contributed by atoms with Gasteiger partial charge in [-0.3, -0.25) is 10.2 Å². The highest BCUT2D eigenvalue weighted by Gasteiger charge is 2.03. The molecule has 0 heterocycles. The van der Waals surface area contributed by atoms with Crippen LogP contribution in [0, 0.1) is 5.92 Å². The van der Waals surface area contributed by atoms with E-state index in [0.717, 1.165) is 17.1 Å². The second-order valence-corrected chi connectivity index (χ2v) is 4.44. The van der Waals surface area contributed by atoms with E-state index in [1.807, 2.05) is 38.1 Å². The van der Waals surface area contributed by atoms with E-state index in [1.165, 1.54) is 0 Å². The van der Waals surface area contributed by atoms with Crippen LogP contribution in [0.4, 0.5) is 5.69 Å². The van der Waals surface area contributed by atoms with Gasteiger partial charge in [-0.25, -0.2) is 0 Å². The van der Waals surface area contributed by atoms with Crippen LogP contribution in [-0.4, -0.2) is 19.6 Å². The van der Waals surface area contributed by atoms with Crippen LogP contribution in [0.1, 0.15) is 13.8 Å². The molecule has 0 bridgehead atoms. The highest BCUT2D eigenvalue weighted by Crippen LogP contribution is 2.14.